The highest BCUT2D eigenvalue weighted by molar-refractivity contribution is 8.00. The number of anilines is 1. The predicted octanol–water partition coefficient (Wildman–Crippen LogP) is 4.16. The summed E-state index contributed by atoms with van der Waals surface area (Å²) < 4.78 is 2.00. The lowest BCUT2D eigenvalue weighted by Crippen LogP contribution is -2.24. The number of rotatable bonds is 5. The van der Waals surface area contributed by atoms with Gasteiger partial charge in [-0.05, 0) is 36.9 Å². The number of thiazole rings is 1. The quantitative estimate of drug-likeness (QED) is 0.524. The summed E-state index contributed by atoms with van der Waals surface area (Å²) in [6.07, 6.45) is 0.681. The van der Waals surface area contributed by atoms with Crippen molar-refractivity contribution in [1.82, 2.24) is 19.6 Å². The third-order valence-corrected chi connectivity index (χ3v) is 6.19. The van der Waals surface area contributed by atoms with Gasteiger partial charge in [0.05, 0.1) is 16.5 Å². The van der Waals surface area contributed by atoms with Crippen molar-refractivity contribution < 1.29 is 4.79 Å². The Hall–Kier alpha value is -2.45. The van der Waals surface area contributed by atoms with Gasteiger partial charge < -0.3 is 5.32 Å². The first kappa shape index (κ1) is 17.0. The van der Waals surface area contributed by atoms with Crippen LogP contribution in [-0.4, -0.2) is 30.7 Å². The summed E-state index contributed by atoms with van der Waals surface area (Å²) >= 11 is 2.86. The lowest BCUT2D eigenvalue weighted by Gasteiger charge is -2.13. The van der Waals surface area contributed by atoms with E-state index >= 15 is 0 Å². The number of carbonyl (C=O) groups is 1. The van der Waals surface area contributed by atoms with Crippen LogP contribution in [0, 0.1) is 6.92 Å². The second-order valence-corrected chi connectivity index (χ2v) is 7.89. The summed E-state index contributed by atoms with van der Waals surface area (Å²) in [5.74, 6) is -0.0659. The molecule has 1 unspecified atom stereocenters. The van der Waals surface area contributed by atoms with Crippen LogP contribution < -0.4 is 5.32 Å². The fraction of sp³-hybridized carbons (Fsp3) is 0.222. The van der Waals surface area contributed by atoms with Gasteiger partial charge in [-0.3, -0.25) is 9.20 Å². The number of thioether (sulfide) groups is 1. The number of carbonyl (C=O) groups excluding carboxylic acids is 1. The number of aromatic nitrogens is 4. The SMILES string of the molecule is CCC(Sc1nnc2ccc3ccccc3n12)C(=O)Nc1nc(C)cs1. The fourth-order valence-corrected chi connectivity index (χ4v) is 4.40. The molecule has 0 fully saturated rings. The van der Waals surface area contributed by atoms with Gasteiger partial charge in [0.15, 0.2) is 15.9 Å². The number of amides is 1. The van der Waals surface area contributed by atoms with Gasteiger partial charge >= 0.3 is 0 Å². The van der Waals surface area contributed by atoms with Crippen molar-refractivity contribution >= 4 is 50.7 Å². The topological polar surface area (TPSA) is 72.2 Å². The van der Waals surface area contributed by atoms with E-state index < -0.39 is 0 Å². The Bertz CT molecular complexity index is 1090. The lowest BCUT2D eigenvalue weighted by atomic mass is 10.2. The molecule has 1 amide bonds. The number of benzene rings is 1. The van der Waals surface area contributed by atoms with Gasteiger partial charge in [0.2, 0.25) is 5.91 Å². The minimum absolute atomic E-state index is 0.0659. The fourth-order valence-electron chi connectivity index (χ4n) is 2.74. The molecule has 6 nitrogen and oxygen atoms in total. The van der Waals surface area contributed by atoms with Crippen molar-refractivity contribution in [3.63, 3.8) is 0 Å². The molecule has 132 valence electrons. The largest absolute Gasteiger partial charge is 0.301 e. The molecule has 0 saturated heterocycles. The summed E-state index contributed by atoms with van der Waals surface area (Å²) in [5.41, 5.74) is 2.71. The highest BCUT2D eigenvalue weighted by atomic mass is 32.2. The number of pyridine rings is 1. The highest BCUT2D eigenvalue weighted by Crippen LogP contribution is 2.28. The Morgan fingerprint density at radius 2 is 2.12 bits per heavy atom. The van der Waals surface area contributed by atoms with Crippen LogP contribution in [0.1, 0.15) is 19.0 Å². The monoisotopic (exact) mass is 383 g/mol. The molecule has 4 aromatic rings. The molecule has 0 aliphatic rings. The zero-order chi connectivity index (χ0) is 18.1. The van der Waals surface area contributed by atoms with Gasteiger partial charge in [0.25, 0.3) is 0 Å². The zero-order valence-electron chi connectivity index (χ0n) is 14.3. The molecule has 8 heteroatoms. The maximum atomic E-state index is 12.7. The van der Waals surface area contributed by atoms with E-state index in [2.05, 4.69) is 26.6 Å². The summed E-state index contributed by atoms with van der Waals surface area (Å²) in [7, 11) is 0. The van der Waals surface area contributed by atoms with E-state index in [1.54, 1.807) is 0 Å². The van der Waals surface area contributed by atoms with E-state index in [4.69, 9.17) is 0 Å². The summed E-state index contributed by atoms with van der Waals surface area (Å²) in [6.45, 7) is 3.90. The normalized spacial score (nSPS) is 12.5. The van der Waals surface area contributed by atoms with E-state index in [-0.39, 0.29) is 11.2 Å². The van der Waals surface area contributed by atoms with Crippen LogP contribution >= 0.6 is 23.1 Å². The molecular weight excluding hydrogens is 366 g/mol. The number of hydrogen-bond acceptors (Lipinski definition) is 6. The molecule has 1 aromatic carbocycles. The van der Waals surface area contributed by atoms with E-state index in [1.807, 2.05) is 54.0 Å². The molecule has 4 rings (SSSR count). The van der Waals surface area contributed by atoms with E-state index in [0.29, 0.717) is 16.7 Å². The van der Waals surface area contributed by atoms with Crippen molar-refractivity contribution in [3.8, 4) is 0 Å². The van der Waals surface area contributed by atoms with Gasteiger partial charge in [-0.1, -0.05) is 36.9 Å². The molecule has 0 bridgehead atoms. The molecule has 0 aliphatic carbocycles. The Morgan fingerprint density at radius 3 is 2.88 bits per heavy atom. The number of nitrogens with zero attached hydrogens (tertiary/aromatic N) is 4. The van der Waals surface area contributed by atoms with Crippen LogP contribution in [0.25, 0.3) is 16.6 Å². The van der Waals surface area contributed by atoms with Crippen molar-refractivity contribution in [2.24, 2.45) is 0 Å². The van der Waals surface area contributed by atoms with Crippen molar-refractivity contribution in [2.45, 2.75) is 30.7 Å². The molecule has 3 aromatic heterocycles. The van der Waals surface area contributed by atoms with E-state index in [1.165, 1.54) is 23.1 Å². The Labute approximate surface area is 158 Å². The van der Waals surface area contributed by atoms with Gasteiger partial charge in [0.1, 0.15) is 0 Å². The molecule has 26 heavy (non-hydrogen) atoms. The molecule has 0 saturated carbocycles. The zero-order valence-corrected chi connectivity index (χ0v) is 16.0. The van der Waals surface area contributed by atoms with Gasteiger partial charge in [0, 0.05) is 5.38 Å². The van der Waals surface area contributed by atoms with Crippen molar-refractivity contribution in [3.05, 3.63) is 47.5 Å². The predicted molar refractivity (Wildman–Crippen MR) is 106 cm³/mol. The standard InChI is InChI=1S/C18H17N5OS2/c1-3-14(16(24)20-17-19-11(2)10-25-17)26-18-22-21-15-9-8-12-6-4-5-7-13(12)23(15)18/h4-10,14H,3H2,1-2H3,(H,19,20,24). The molecule has 0 radical (unpaired) electrons. The maximum Gasteiger partial charge on any atom is 0.239 e. The second-order valence-electron chi connectivity index (χ2n) is 5.87. The number of aryl methyl sites for hydroxylation is 1. The van der Waals surface area contributed by atoms with Crippen molar-refractivity contribution in [1.29, 1.82) is 0 Å². The first-order valence-electron chi connectivity index (χ1n) is 8.28. The van der Waals surface area contributed by atoms with Crippen LogP contribution in [0.4, 0.5) is 5.13 Å². The van der Waals surface area contributed by atoms with Crippen LogP contribution in [-0.2, 0) is 4.79 Å². The van der Waals surface area contributed by atoms with Gasteiger partial charge in [-0.2, -0.15) is 0 Å². The van der Waals surface area contributed by atoms with Crippen LogP contribution in [0.3, 0.4) is 0 Å². The first-order valence-corrected chi connectivity index (χ1v) is 10.0. The molecule has 0 spiro atoms. The van der Waals surface area contributed by atoms with Crippen LogP contribution in [0.15, 0.2) is 46.9 Å². The molecule has 3 heterocycles. The lowest BCUT2D eigenvalue weighted by molar-refractivity contribution is -0.115. The second kappa shape index (κ2) is 7.05. The molecular formula is C18H17N5OS2. The third kappa shape index (κ3) is 3.17. The Kier molecular flexibility index (Phi) is 4.60. The minimum atomic E-state index is -0.273. The smallest absolute Gasteiger partial charge is 0.239 e. The van der Waals surface area contributed by atoms with E-state index in [9.17, 15) is 4.79 Å². The highest BCUT2D eigenvalue weighted by Gasteiger charge is 2.22. The molecule has 1 N–H and O–H groups in total. The summed E-state index contributed by atoms with van der Waals surface area (Å²) in [6, 6.07) is 12.1. The Balaban J connectivity index is 1.64. The first-order chi connectivity index (χ1) is 12.7. The average Bonchev–Trinajstić information content (AvgIpc) is 3.25. The summed E-state index contributed by atoms with van der Waals surface area (Å²) in [4.78, 5) is 17.0. The van der Waals surface area contributed by atoms with E-state index in [0.717, 1.165) is 22.2 Å². The Morgan fingerprint density at radius 1 is 1.27 bits per heavy atom. The maximum absolute atomic E-state index is 12.7. The number of nitrogens with one attached hydrogen (secondary N) is 1. The van der Waals surface area contributed by atoms with Gasteiger partial charge in [-0.25, -0.2) is 4.98 Å². The minimum Gasteiger partial charge on any atom is -0.301 e. The number of hydrogen-bond donors (Lipinski definition) is 1. The molecule has 0 aliphatic heterocycles. The van der Waals surface area contributed by atoms with Gasteiger partial charge in [-0.15, -0.1) is 21.5 Å². The number of fused-ring (bicyclic) bond motifs is 3. The third-order valence-electron chi connectivity index (χ3n) is 4.01. The average molecular weight is 384 g/mol. The van der Waals surface area contributed by atoms with Crippen LogP contribution in [0.5, 0.6) is 0 Å². The van der Waals surface area contributed by atoms with Crippen molar-refractivity contribution in [2.75, 3.05) is 5.32 Å². The number of para-hydroxylation sites is 1. The summed E-state index contributed by atoms with van der Waals surface area (Å²) in [5, 5.41) is 15.6. The molecule has 1 atom stereocenters. The van der Waals surface area contributed by atoms with Crippen LogP contribution in [0.2, 0.25) is 0 Å².